The SMILES string of the molecule is CCCC(O)c1ccc(CCC2CCC(c3ccc(-c4ccc(C5CO5)c(F)c4F)c(F)c3F)CC2)c(F)c1F. The second-order valence-electron chi connectivity index (χ2n) is 11.0. The monoisotopic (exact) mass is 562 g/mol. The van der Waals surface area contributed by atoms with Crippen LogP contribution >= 0.6 is 0 Å². The summed E-state index contributed by atoms with van der Waals surface area (Å²) < 4.78 is 93.5. The zero-order chi connectivity index (χ0) is 28.6. The van der Waals surface area contributed by atoms with Crippen molar-refractivity contribution in [1.82, 2.24) is 0 Å². The lowest BCUT2D eigenvalue weighted by Gasteiger charge is -2.29. The summed E-state index contributed by atoms with van der Waals surface area (Å²) in [5, 5.41) is 10.0. The van der Waals surface area contributed by atoms with Crippen LogP contribution in [0.1, 0.15) is 92.2 Å². The summed E-state index contributed by atoms with van der Waals surface area (Å²) in [4.78, 5) is 0. The molecule has 0 aromatic heterocycles. The summed E-state index contributed by atoms with van der Waals surface area (Å²) in [5.74, 6) is -6.55. The Morgan fingerprint density at radius 2 is 1.35 bits per heavy atom. The Kier molecular flexibility index (Phi) is 8.57. The van der Waals surface area contributed by atoms with Gasteiger partial charge in [0.2, 0.25) is 0 Å². The van der Waals surface area contributed by atoms with E-state index in [1.54, 1.807) is 0 Å². The van der Waals surface area contributed by atoms with Gasteiger partial charge in [0.1, 0.15) is 6.10 Å². The van der Waals surface area contributed by atoms with Gasteiger partial charge in [0.05, 0.1) is 12.7 Å². The highest BCUT2D eigenvalue weighted by molar-refractivity contribution is 5.66. The van der Waals surface area contributed by atoms with Crippen molar-refractivity contribution in [1.29, 1.82) is 0 Å². The Bertz CT molecular complexity index is 1380. The lowest BCUT2D eigenvalue weighted by atomic mass is 9.76. The summed E-state index contributed by atoms with van der Waals surface area (Å²) in [6, 6.07) is 8.29. The van der Waals surface area contributed by atoms with Crippen LogP contribution in [0.3, 0.4) is 0 Å². The molecular weight excluding hydrogens is 530 g/mol. The van der Waals surface area contributed by atoms with Gasteiger partial charge in [-0.05, 0) is 67.9 Å². The molecule has 40 heavy (non-hydrogen) atoms. The maximum absolute atomic E-state index is 15.2. The average molecular weight is 563 g/mol. The smallest absolute Gasteiger partial charge is 0.167 e. The predicted octanol–water partition coefficient (Wildman–Crippen LogP) is 9.00. The van der Waals surface area contributed by atoms with E-state index in [9.17, 15) is 22.7 Å². The Morgan fingerprint density at radius 1 is 0.750 bits per heavy atom. The number of epoxide rings is 1. The van der Waals surface area contributed by atoms with Crippen molar-refractivity contribution in [3.63, 3.8) is 0 Å². The Morgan fingerprint density at radius 3 is 1.95 bits per heavy atom. The van der Waals surface area contributed by atoms with Gasteiger partial charge >= 0.3 is 0 Å². The van der Waals surface area contributed by atoms with Crippen molar-refractivity contribution >= 4 is 0 Å². The van der Waals surface area contributed by atoms with E-state index in [2.05, 4.69) is 0 Å². The maximum atomic E-state index is 15.2. The third kappa shape index (κ3) is 5.66. The Labute approximate surface area is 230 Å². The van der Waals surface area contributed by atoms with Crippen LogP contribution in [0.15, 0.2) is 36.4 Å². The fourth-order valence-corrected chi connectivity index (χ4v) is 5.94. The minimum Gasteiger partial charge on any atom is -0.388 e. The molecular formula is C32H32F6O2. The van der Waals surface area contributed by atoms with E-state index in [0.717, 1.165) is 12.8 Å². The number of hydrogen-bond donors (Lipinski definition) is 1. The number of benzene rings is 3. The molecule has 3 aromatic rings. The zero-order valence-electron chi connectivity index (χ0n) is 22.3. The third-order valence-electron chi connectivity index (χ3n) is 8.42. The first-order chi connectivity index (χ1) is 19.2. The average Bonchev–Trinajstić information content (AvgIpc) is 3.79. The molecule has 214 valence electrons. The molecule has 1 saturated carbocycles. The molecule has 0 amide bonds. The first-order valence-corrected chi connectivity index (χ1v) is 13.9. The molecule has 2 unspecified atom stereocenters. The third-order valence-corrected chi connectivity index (χ3v) is 8.42. The molecule has 1 aliphatic heterocycles. The van der Waals surface area contributed by atoms with E-state index >= 15 is 8.78 Å². The van der Waals surface area contributed by atoms with Crippen LogP contribution in [0, 0.1) is 40.8 Å². The lowest BCUT2D eigenvalue weighted by molar-refractivity contribution is 0.160. The molecule has 0 radical (unpaired) electrons. The van der Waals surface area contributed by atoms with Crippen LogP contribution in [0.2, 0.25) is 0 Å². The first kappa shape index (κ1) is 28.7. The van der Waals surface area contributed by atoms with E-state index < -0.39 is 47.1 Å². The number of halogens is 6. The van der Waals surface area contributed by atoms with E-state index in [-0.39, 0.29) is 45.2 Å². The lowest BCUT2D eigenvalue weighted by Crippen LogP contribution is -2.16. The number of ether oxygens (including phenoxy) is 1. The van der Waals surface area contributed by atoms with Gasteiger partial charge < -0.3 is 9.84 Å². The number of rotatable bonds is 9. The summed E-state index contributed by atoms with van der Waals surface area (Å²) >= 11 is 0. The van der Waals surface area contributed by atoms with Gasteiger partial charge in [-0.2, -0.15) is 0 Å². The highest BCUT2D eigenvalue weighted by atomic mass is 19.2. The van der Waals surface area contributed by atoms with Crippen LogP contribution in [0.5, 0.6) is 0 Å². The van der Waals surface area contributed by atoms with E-state index in [1.807, 2.05) is 6.92 Å². The molecule has 1 heterocycles. The number of aliphatic hydroxyl groups is 1. The van der Waals surface area contributed by atoms with E-state index in [4.69, 9.17) is 4.74 Å². The summed E-state index contributed by atoms with van der Waals surface area (Å²) in [6.45, 7) is 2.15. The van der Waals surface area contributed by atoms with Crippen molar-refractivity contribution in [2.75, 3.05) is 6.61 Å². The normalized spacial score (nSPS) is 21.4. The largest absolute Gasteiger partial charge is 0.388 e. The van der Waals surface area contributed by atoms with E-state index in [1.165, 1.54) is 36.4 Å². The van der Waals surface area contributed by atoms with Gasteiger partial charge in [-0.25, -0.2) is 26.3 Å². The summed E-state index contributed by atoms with van der Waals surface area (Å²) in [6.07, 6.45) is 3.05. The minimum absolute atomic E-state index is 0.0263. The molecule has 5 rings (SSSR count). The van der Waals surface area contributed by atoms with Crippen molar-refractivity contribution in [2.45, 2.75) is 76.4 Å². The van der Waals surface area contributed by atoms with Gasteiger partial charge in [-0.3, -0.25) is 0 Å². The van der Waals surface area contributed by atoms with Gasteiger partial charge in [0, 0.05) is 22.3 Å². The van der Waals surface area contributed by atoms with Crippen LogP contribution in [-0.4, -0.2) is 11.7 Å². The molecule has 1 N–H and O–H groups in total. The standard InChI is InChI=1S/C32H32F6O2/c1-2-3-25(39)23-11-10-19(27(33)31(23)37)9-6-17-4-7-18(8-5-17)20-12-13-21(29(35)28(20)34)22-14-15-24(26-16-40-26)32(38)30(22)36/h10-15,17-18,25-26,39H,2-9,16H2,1H3. The maximum Gasteiger partial charge on any atom is 0.167 e. The molecule has 0 spiro atoms. The van der Waals surface area contributed by atoms with Crippen LogP contribution in [-0.2, 0) is 11.2 Å². The van der Waals surface area contributed by atoms with Crippen molar-refractivity contribution in [3.8, 4) is 11.1 Å². The van der Waals surface area contributed by atoms with Crippen molar-refractivity contribution < 1.29 is 36.2 Å². The number of aliphatic hydroxyl groups excluding tert-OH is 1. The molecule has 1 aliphatic carbocycles. The Balaban J connectivity index is 1.22. The highest BCUT2D eigenvalue weighted by Crippen LogP contribution is 2.41. The molecule has 2 atom stereocenters. The van der Waals surface area contributed by atoms with Gasteiger partial charge in [0.15, 0.2) is 34.9 Å². The summed E-state index contributed by atoms with van der Waals surface area (Å²) in [7, 11) is 0. The van der Waals surface area contributed by atoms with Crippen molar-refractivity contribution in [2.24, 2.45) is 5.92 Å². The van der Waals surface area contributed by atoms with E-state index in [0.29, 0.717) is 45.1 Å². The fraction of sp³-hybridized carbons (Fsp3) is 0.438. The molecule has 8 heteroatoms. The van der Waals surface area contributed by atoms with Crippen LogP contribution in [0.4, 0.5) is 26.3 Å². The van der Waals surface area contributed by atoms with Crippen molar-refractivity contribution in [3.05, 3.63) is 93.6 Å². The predicted molar refractivity (Wildman–Crippen MR) is 140 cm³/mol. The molecule has 2 aliphatic rings. The molecule has 0 bridgehead atoms. The number of aryl methyl sites for hydroxylation is 1. The fourth-order valence-electron chi connectivity index (χ4n) is 5.94. The molecule has 2 nitrogen and oxygen atoms in total. The van der Waals surface area contributed by atoms with Gasteiger partial charge in [0.25, 0.3) is 0 Å². The highest BCUT2D eigenvalue weighted by Gasteiger charge is 2.32. The topological polar surface area (TPSA) is 32.8 Å². The van der Waals surface area contributed by atoms with Gasteiger partial charge in [-0.15, -0.1) is 0 Å². The quantitative estimate of drug-likeness (QED) is 0.209. The second kappa shape index (κ2) is 12.0. The Hall–Kier alpha value is -2.84. The second-order valence-corrected chi connectivity index (χ2v) is 11.0. The first-order valence-electron chi connectivity index (χ1n) is 13.9. The molecule has 2 fully saturated rings. The molecule has 3 aromatic carbocycles. The molecule has 1 saturated heterocycles. The van der Waals surface area contributed by atoms with Crippen LogP contribution in [0.25, 0.3) is 11.1 Å². The van der Waals surface area contributed by atoms with Gasteiger partial charge in [-0.1, -0.05) is 49.7 Å². The summed E-state index contributed by atoms with van der Waals surface area (Å²) in [5.41, 5.74) is -0.176. The zero-order valence-corrected chi connectivity index (χ0v) is 22.3. The number of hydrogen-bond acceptors (Lipinski definition) is 2. The van der Waals surface area contributed by atoms with Crippen LogP contribution < -0.4 is 0 Å². The minimum atomic E-state index is -1.23.